The van der Waals surface area contributed by atoms with E-state index in [1.807, 2.05) is 24.3 Å². The third-order valence-electron chi connectivity index (χ3n) is 5.96. The van der Waals surface area contributed by atoms with Crippen LogP contribution in [0.3, 0.4) is 0 Å². The Morgan fingerprint density at radius 3 is 2.59 bits per heavy atom. The molecule has 1 aromatic heterocycles. The van der Waals surface area contributed by atoms with Crippen molar-refractivity contribution in [2.24, 2.45) is 0 Å². The number of rotatable bonds is 5. The van der Waals surface area contributed by atoms with Crippen LogP contribution in [0.2, 0.25) is 0 Å². The fraction of sp³-hybridized carbons (Fsp3) is 0.478. The number of hydrogen-bond acceptors (Lipinski definition) is 4. The van der Waals surface area contributed by atoms with Crippen LogP contribution in [0.1, 0.15) is 47.2 Å². The summed E-state index contributed by atoms with van der Waals surface area (Å²) in [5.74, 6) is 1.11. The maximum Gasteiger partial charge on any atom is 0.167 e. The van der Waals surface area contributed by atoms with Gasteiger partial charge in [0.1, 0.15) is 5.82 Å². The number of ketones is 1. The van der Waals surface area contributed by atoms with Crippen LogP contribution < -0.4 is 4.90 Å². The number of anilines is 1. The summed E-state index contributed by atoms with van der Waals surface area (Å²) in [6.45, 7) is 6.66. The Balaban J connectivity index is 1.39. The first-order valence-electron chi connectivity index (χ1n) is 10.2. The molecule has 27 heavy (non-hydrogen) atoms. The smallest absolute Gasteiger partial charge is 0.167 e. The highest BCUT2D eigenvalue weighted by Gasteiger charge is 2.27. The van der Waals surface area contributed by atoms with Gasteiger partial charge in [0.15, 0.2) is 5.78 Å². The second-order valence-corrected chi connectivity index (χ2v) is 7.95. The Morgan fingerprint density at radius 2 is 1.85 bits per heavy atom. The van der Waals surface area contributed by atoms with Gasteiger partial charge >= 0.3 is 0 Å². The summed E-state index contributed by atoms with van der Waals surface area (Å²) in [5, 5.41) is 0. The van der Waals surface area contributed by atoms with E-state index in [1.54, 1.807) is 6.20 Å². The molecule has 0 spiro atoms. The second-order valence-electron chi connectivity index (χ2n) is 7.95. The lowest BCUT2D eigenvalue weighted by molar-refractivity contribution is 0.0993. The third-order valence-corrected chi connectivity index (χ3v) is 5.96. The first-order valence-corrected chi connectivity index (χ1v) is 10.2. The summed E-state index contributed by atoms with van der Waals surface area (Å²) in [7, 11) is 0. The molecular weight excluding hydrogens is 334 g/mol. The summed E-state index contributed by atoms with van der Waals surface area (Å²) in [5.41, 5.74) is 3.03. The van der Waals surface area contributed by atoms with Crippen molar-refractivity contribution in [3.63, 3.8) is 0 Å². The van der Waals surface area contributed by atoms with Gasteiger partial charge in [-0.25, -0.2) is 4.98 Å². The van der Waals surface area contributed by atoms with Crippen LogP contribution in [-0.2, 0) is 6.42 Å². The summed E-state index contributed by atoms with van der Waals surface area (Å²) in [4.78, 5) is 22.3. The summed E-state index contributed by atoms with van der Waals surface area (Å²) in [6.07, 6.45) is 7.33. The van der Waals surface area contributed by atoms with E-state index in [0.717, 1.165) is 36.1 Å². The zero-order valence-corrected chi connectivity index (χ0v) is 16.2. The molecule has 2 aliphatic heterocycles. The van der Waals surface area contributed by atoms with Crippen LogP contribution in [0.15, 0.2) is 42.6 Å². The molecule has 4 nitrogen and oxygen atoms in total. The molecule has 0 N–H and O–H groups in total. The predicted octanol–water partition coefficient (Wildman–Crippen LogP) is 3.88. The van der Waals surface area contributed by atoms with Gasteiger partial charge in [0.2, 0.25) is 0 Å². The molecule has 1 aromatic carbocycles. The first kappa shape index (κ1) is 18.2. The highest BCUT2D eigenvalue weighted by Crippen LogP contribution is 2.24. The van der Waals surface area contributed by atoms with Gasteiger partial charge in [-0.1, -0.05) is 29.8 Å². The molecule has 2 saturated heterocycles. The van der Waals surface area contributed by atoms with E-state index in [9.17, 15) is 4.79 Å². The topological polar surface area (TPSA) is 36.4 Å². The highest BCUT2D eigenvalue weighted by atomic mass is 16.1. The number of carbonyl (C=O) groups is 1. The number of pyridine rings is 1. The van der Waals surface area contributed by atoms with Gasteiger partial charge in [-0.15, -0.1) is 0 Å². The van der Waals surface area contributed by atoms with E-state index in [1.165, 1.54) is 44.3 Å². The fourth-order valence-electron chi connectivity index (χ4n) is 4.44. The van der Waals surface area contributed by atoms with Crippen LogP contribution in [0, 0.1) is 6.92 Å². The van der Waals surface area contributed by atoms with Crippen molar-refractivity contribution in [1.29, 1.82) is 0 Å². The summed E-state index contributed by atoms with van der Waals surface area (Å²) < 4.78 is 0. The lowest BCUT2D eigenvalue weighted by Gasteiger charge is -2.37. The van der Waals surface area contributed by atoms with Crippen molar-refractivity contribution < 1.29 is 4.79 Å². The number of nitrogens with zero attached hydrogens (tertiary/aromatic N) is 3. The zero-order valence-electron chi connectivity index (χ0n) is 16.2. The maximum absolute atomic E-state index is 12.7. The lowest BCUT2D eigenvalue weighted by Crippen LogP contribution is -2.44. The summed E-state index contributed by atoms with van der Waals surface area (Å²) in [6, 6.07) is 12.7. The number of aromatic nitrogens is 1. The fourth-order valence-corrected chi connectivity index (χ4v) is 4.44. The van der Waals surface area contributed by atoms with Crippen molar-refractivity contribution in [1.82, 2.24) is 9.88 Å². The van der Waals surface area contributed by atoms with Gasteiger partial charge in [-0.2, -0.15) is 0 Å². The van der Waals surface area contributed by atoms with Gasteiger partial charge in [-0.05, 0) is 63.4 Å². The molecule has 2 fully saturated rings. The van der Waals surface area contributed by atoms with E-state index in [4.69, 9.17) is 0 Å². The second kappa shape index (κ2) is 8.22. The molecule has 4 rings (SSSR count). The Kier molecular flexibility index (Phi) is 5.53. The van der Waals surface area contributed by atoms with Crippen LogP contribution in [0.5, 0.6) is 0 Å². The SMILES string of the molecule is Cc1cccc(CC(=O)c2ccnc(N3CCC(N4CCCC4)CC3)c2)c1. The minimum absolute atomic E-state index is 0.163. The monoisotopic (exact) mass is 363 g/mol. The minimum Gasteiger partial charge on any atom is -0.356 e. The Labute approximate surface area is 162 Å². The van der Waals surface area contributed by atoms with Gasteiger partial charge in [0.05, 0.1) is 0 Å². The van der Waals surface area contributed by atoms with Gasteiger partial charge < -0.3 is 9.80 Å². The van der Waals surface area contributed by atoms with Crippen molar-refractivity contribution in [2.45, 2.75) is 45.1 Å². The van der Waals surface area contributed by atoms with Crippen LogP contribution in [0.4, 0.5) is 5.82 Å². The number of carbonyl (C=O) groups excluding carboxylic acids is 1. The van der Waals surface area contributed by atoms with Crippen molar-refractivity contribution in [3.8, 4) is 0 Å². The molecule has 0 atom stereocenters. The van der Waals surface area contributed by atoms with Gasteiger partial charge in [0.25, 0.3) is 0 Å². The molecular formula is C23H29N3O. The average molecular weight is 364 g/mol. The third kappa shape index (κ3) is 4.38. The van der Waals surface area contributed by atoms with Gasteiger partial charge in [0, 0.05) is 37.3 Å². The normalized spacial score (nSPS) is 18.8. The standard InChI is InChI=1S/C23H29N3O/c1-18-5-4-6-19(15-18)16-22(27)20-7-10-24-23(17-20)26-13-8-21(9-14-26)25-11-2-3-12-25/h4-7,10,15,17,21H,2-3,8-9,11-14,16H2,1H3. The highest BCUT2D eigenvalue weighted by molar-refractivity contribution is 5.98. The van der Waals surface area contributed by atoms with Crippen molar-refractivity contribution >= 4 is 11.6 Å². The molecule has 3 heterocycles. The van der Waals surface area contributed by atoms with Crippen LogP contribution in [-0.4, -0.2) is 47.9 Å². The van der Waals surface area contributed by atoms with E-state index >= 15 is 0 Å². The van der Waals surface area contributed by atoms with E-state index in [0.29, 0.717) is 6.42 Å². The lowest BCUT2D eigenvalue weighted by atomic mass is 10.0. The van der Waals surface area contributed by atoms with Gasteiger partial charge in [-0.3, -0.25) is 4.79 Å². The molecule has 2 aliphatic rings. The minimum atomic E-state index is 0.163. The van der Waals surface area contributed by atoms with E-state index < -0.39 is 0 Å². The number of likely N-dealkylation sites (tertiary alicyclic amines) is 1. The maximum atomic E-state index is 12.7. The van der Waals surface area contributed by atoms with Crippen LogP contribution >= 0.6 is 0 Å². The Hall–Kier alpha value is -2.20. The zero-order chi connectivity index (χ0) is 18.6. The van der Waals surface area contributed by atoms with E-state index in [2.05, 4.69) is 33.8 Å². The number of hydrogen-bond donors (Lipinski definition) is 0. The number of piperidine rings is 1. The molecule has 0 aliphatic carbocycles. The number of aryl methyl sites for hydroxylation is 1. The number of benzene rings is 1. The predicted molar refractivity (Wildman–Crippen MR) is 109 cm³/mol. The first-order chi connectivity index (χ1) is 13.2. The molecule has 0 radical (unpaired) electrons. The molecule has 0 unspecified atom stereocenters. The molecule has 2 aromatic rings. The van der Waals surface area contributed by atoms with E-state index in [-0.39, 0.29) is 5.78 Å². The Bertz CT molecular complexity index is 790. The molecule has 0 amide bonds. The quantitative estimate of drug-likeness (QED) is 0.756. The molecule has 0 bridgehead atoms. The van der Waals surface area contributed by atoms with Crippen molar-refractivity contribution in [2.75, 3.05) is 31.1 Å². The molecule has 0 saturated carbocycles. The molecule has 142 valence electrons. The Morgan fingerprint density at radius 1 is 1.07 bits per heavy atom. The average Bonchev–Trinajstić information content (AvgIpc) is 3.23. The largest absolute Gasteiger partial charge is 0.356 e. The van der Waals surface area contributed by atoms with Crippen molar-refractivity contribution in [3.05, 3.63) is 59.3 Å². The number of Topliss-reactive ketones (excluding diaryl/α,β-unsaturated/α-hetero) is 1. The van der Waals surface area contributed by atoms with Crippen LogP contribution in [0.25, 0.3) is 0 Å². The molecule has 4 heteroatoms. The summed E-state index contributed by atoms with van der Waals surface area (Å²) >= 11 is 0.